The summed E-state index contributed by atoms with van der Waals surface area (Å²) in [6.07, 6.45) is 0. The van der Waals surface area contributed by atoms with Crippen molar-refractivity contribution in [3.05, 3.63) is 218 Å². The minimum Gasteiger partial charge on any atom is -0.208 e. The third kappa shape index (κ3) is 7.61. The first kappa shape index (κ1) is 36.1. The Bertz CT molecular complexity index is 3020. The molecule has 0 atom stereocenters. The summed E-state index contributed by atoms with van der Waals surface area (Å²) in [5.74, 6) is 3.73. The Morgan fingerprint density at radius 2 is 0.417 bits per heavy atom. The van der Waals surface area contributed by atoms with Gasteiger partial charge in [0.2, 0.25) is 0 Å². The zero-order valence-electron chi connectivity index (χ0n) is 32.5. The van der Waals surface area contributed by atoms with E-state index in [4.69, 9.17) is 29.9 Å². The zero-order valence-corrected chi connectivity index (χ0v) is 32.5. The van der Waals surface area contributed by atoms with E-state index in [2.05, 4.69) is 115 Å². The lowest BCUT2D eigenvalue weighted by atomic mass is 9.97. The molecule has 0 aliphatic carbocycles. The Morgan fingerprint density at radius 1 is 0.167 bits per heavy atom. The Hall–Kier alpha value is -8.22. The fourth-order valence-corrected chi connectivity index (χ4v) is 7.38. The molecule has 2 aromatic heterocycles. The molecule has 6 heteroatoms. The summed E-state index contributed by atoms with van der Waals surface area (Å²) in [6.45, 7) is 0. The molecule has 6 nitrogen and oxygen atoms in total. The standard InChI is InChI=1S/C54H36N6/c1-5-18-37(19-6-1)47-32-13-14-33-48(47)54-59-51(40-24-11-4-12-25-40)58-53(60-54)46-31-17-29-44(36-46)42-27-15-26-41(34-42)43-28-16-30-45(35-43)52-56-49(38-20-7-2-8-21-38)55-50(57-52)39-22-9-3-10-23-39/h1-36H. The van der Waals surface area contributed by atoms with Crippen molar-refractivity contribution in [3.63, 3.8) is 0 Å². The lowest BCUT2D eigenvalue weighted by Gasteiger charge is -2.13. The molecule has 10 rings (SSSR count). The van der Waals surface area contributed by atoms with Gasteiger partial charge in [-0.1, -0.05) is 200 Å². The van der Waals surface area contributed by atoms with E-state index in [9.17, 15) is 0 Å². The average Bonchev–Trinajstić information content (AvgIpc) is 3.35. The molecule has 0 spiro atoms. The summed E-state index contributed by atoms with van der Waals surface area (Å²) in [5.41, 5.74) is 12.0. The van der Waals surface area contributed by atoms with Crippen LogP contribution in [-0.2, 0) is 0 Å². The first-order valence-electron chi connectivity index (χ1n) is 19.9. The lowest BCUT2D eigenvalue weighted by Crippen LogP contribution is -2.01. The highest BCUT2D eigenvalue weighted by Gasteiger charge is 2.17. The second-order valence-corrected chi connectivity index (χ2v) is 14.4. The van der Waals surface area contributed by atoms with Gasteiger partial charge in [0.1, 0.15) is 0 Å². The summed E-state index contributed by atoms with van der Waals surface area (Å²) in [6, 6.07) is 74.2. The minimum absolute atomic E-state index is 0.606. The van der Waals surface area contributed by atoms with Crippen LogP contribution < -0.4 is 0 Å². The number of benzene rings is 8. The fourth-order valence-electron chi connectivity index (χ4n) is 7.38. The van der Waals surface area contributed by atoms with Gasteiger partial charge in [0, 0.05) is 33.4 Å². The maximum Gasteiger partial charge on any atom is 0.164 e. The molecule has 0 unspecified atom stereocenters. The van der Waals surface area contributed by atoms with Crippen LogP contribution in [-0.4, -0.2) is 29.9 Å². The van der Waals surface area contributed by atoms with Gasteiger partial charge in [-0.2, -0.15) is 0 Å². The van der Waals surface area contributed by atoms with Crippen molar-refractivity contribution in [1.82, 2.24) is 29.9 Å². The van der Waals surface area contributed by atoms with Gasteiger partial charge in [0.15, 0.2) is 34.9 Å². The third-order valence-corrected chi connectivity index (χ3v) is 10.4. The van der Waals surface area contributed by atoms with Crippen LogP contribution in [0.3, 0.4) is 0 Å². The molecular formula is C54H36N6. The maximum atomic E-state index is 5.14. The third-order valence-electron chi connectivity index (χ3n) is 10.4. The molecule has 0 saturated carbocycles. The largest absolute Gasteiger partial charge is 0.208 e. The summed E-state index contributed by atoms with van der Waals surface area (Å²) in [5, 5.41) is 0. The number of nitrogens with zero attached hydrogens (tertiary/aromatic N) is 6. The number of hydrogen-bond acceptors (Lipinski definition) is 6. The summed E-state index contributed by atoms with van der Waals surface area (Å²) < 4.78 is 0. The second-order valence-electron chi connectivity index (χ2n) is 14.4. The van der Waals surface area contributed by atoms with Crippen molar-refractivity contribution < 1.29 is 0 Å². The van der Waals surface area contributed by atoms with E-state index < -0.39 is 0 Å². The molecule has 2 heterocycles. The van der Waals surface area contributed by atoms with Crippen molar-refractivity contribution >= 4 is 0 Å². The monoisotopic (exact) mass is 768 g/mol. The van der Waals surface area contributed by atoms with E-state index >= 15 is 0 Å². The Kier molecular flexibility index (Phi) is 9.84. The van der Waals surface area contributed by atoms with Crippen LogP contribution in [0.2, 0.25) is 0 Å². The molecular weight excluding hydrogens is 733 g/mol. The molecule has 60 heavy (non-hydrogen) atoms. The van der Waals surface area contributed by atoms with Gasteiger partial charge in [0.25, 0.3) is 0 Å². The Morgan fingerprint density at radius 3 is 0.800 bits per heavy atom. The predicted molar refractivity (Wildman–Crippen MR) is 242 cm³/mol. The molecule has 0 aliphatic heterocycles. The SMILES string of the molecule is c1ccc(-c2nc(-c3ccccc3)nc(-c3cccc(-c4cccc(-c5cccc(-c6nc(-c7ccccc7)nc(-c7ccccc7-c7ccccc7)n6)c5)c4)c3)n2)cc1. The Labute approximate surface area is 348 Å². The van der Waals surface area contributed by atoms with E-state index in [1.807, 2.05) is 103 Å². The number of hydrogen-bond donors (Lipinski definition) is 0. The zero-order chi connectivity index (χ0) is 40.1. The fraction of sp³-hybridized carbons (Fsp3) is 0. The van der Waals surface area contributed by atoms with Crippen LogP contribution in [0.1, 0.15) is 0 Å². The first-order chi connectivity index (χ1) is 29.7. The van der Waals surface area contributed by atoms with Gasteiger partial charge in [0.05, 0.1) is 0 Å². The van der Waals surface area contributed by atoms with Crippen LogP contribution >= 0.6 is 0 Å². The molecule has 10 aromatic rings. The molecule has 0 fully saturated rings. The smallest absolute Gasteiger partial charge is 0.164 e. The first-order valence-corrected chi connectivity index (χ1v) is 19.9. The molecule has 0 amide bonds. The highest BCUT2D eigenvalue weighted by atomic mass is 15.0. The molecule has 0 radical (unpaired) electrons. The summed E-state index contributed by atoms with van der Waals surface area (Å²) in [7, 11) is 0. The van der Waals surface area contributed by atoms with Crippen molar-refractivity contribution in [2.75, 3.05) is 0 Å². The molecule has 0 N–H and O–H groups in total. The van der Waals surface area contributed by atoms with E-state index in [-0.39, 0.29) is 0 Å². The molecule has 0 aliphatic rings. The Balaban J connectivity index is 1.02. The highest BCUT2D eigenvalue weighted by molar-refractivity contribution is 5.83. The second kappa shape index (κ2) is 16.3. The molecule has 0 bridgehead atoms. The van der Waals surface area contributed by atoms with Crippen molar-refractivity contribution in [3.8, 4) is 102 Å². The van der Waals surface area contributed by atoms with Gasteiger partial charge in [-0.15, -0.1) is 0 Å². The van der Waals surface area contributed by atoms with Gasteiger partial charge in [-0.3, -0.25) is 0 Å². The van der Waals surface area contributed by atoms with Crippen LogP contribution in [0.15, 0.2) is 218 Å². The van der Waals surface area contributed by atoms with E-state index in [0.29, 0.717) is 34.9 Å². The van der Waals surface area contributed by atoms with Crippen LogP contribution in [0.5, 0.6) is 0 Å². The van der Waals surface area contributed by atoms with Gasteiger partial charge >= 0.3 is 0 Å². The van der Waals surface area contributed by atoms with Crippen LogP contribution in [0, 0.1) is 0 Å². The topological polar surface area (TPSA) is 77.3 Å². The molecule has 282 valence electrons. The van der Waals surface area contributed by atoms with Gasteiger partial charge < -0.3 is 0 Å². The number of rotatable bonds is 9. The molecule has 8 aromatic carbocycles. The number of aromatic nitrogens is 6. The maximum absolute atomic E-state index is 5.14. The van der Waals surface area contributed by atoms with Gasteiger partial charge in [-0.25, -0.2) is 29.9 Å². The highest BCUT2D eigenvalue weighted by Crippen LogP contribution is 2.35. The van der Waals surface area contributed by atoms with E-state index in [1.165, 1.54) is 0 Å². The average molecular weight is 769 g/mol. The van der Waals surface area contributed by atoms with Crippen molar-refractivity contribution in [1.29, 1.82) is 0 Å². The van der Waals surface area contributed by atoms with E-state index in [1.54, 1.807) is 0 Å². The van der Waals surface area contributed by atoms with Crippen molar-refractivity contribution in [2.24, 2.45) is 0 Å². The lowest BCUT2D eigenvalue weighted by molar-refractivity contribution is 1.07. The summed E-state index contributed by atoms with van der Waals surface area (Å²) >= 11 is 0. The quantitative estimate of drug-likeness (QED) is 0.145. The van der Waals surface area contributed by atoms with Crippen LogP contribution in [0.25, 0.3) is 102 Å². The summed E-state index contributed by atoms with van der Waals surface area (Å²) in [4.78, 5) is 30.1. The normalized spacial score (nSPS) is 11.0. The molecule has 0 saturated heterocycles. The predicted octanol–water partition coefficient (Wildman–Crippen LogP) is 13.1. The minimum atomic E-state index is 0.606. The van der Waals surface area contributed by atoms with Crippen molar-refractivity contribution in [2.45, 2.75) is 0 Å². The van der Waals surface area contributed by atoms with Crippen LogP contribution in [0.4, 0.5) is 0 Å². The van der Waals surface area contributed by atoms with Gasteiger partial charge in [-0.05, 0) is 51.6 Å². The van der Waals surface area contributed by atoms with E-state index in [0.717, 1.165) is 66.8 Å².